The highest BCUT2D eigenvalue weighted by Gasteiger charge is 2.56. The molecule has 1 aromatic heterocycles. The van der Waals surface area contributed by atoms with Gasteiger partial charge in [0, 0.05) is 28.9 Å². The summed E-state index contributed by atoms with van der Waals surface area (Å²) in [6, 6.07) is 16.0. The van der Waals surface area contributed by atoms with Crippen LogP contribution < -0.4 is 9.77 Å². The zero-order chi connectivity index (χ0) is 25.7. The van der Waals surface area contributed by atoms with Gasteiger partial charge in [-0.25, -0.2) is 4.90 Å². The van der Waals surface area contributed by atoms with E-state index in [-0.39, 0.29) is 29.1 Å². The number of ether oxygens (including phenoxy) is 1. The van der Waals surface area contributed by atoms with Crippen molar-refractivity contribution in [3.63, 3.8) is 0 Å². The first-order valence-electron chi connectivity index (χ1n) is 11.9. The molecule has 0 radical (unpaired) electrons. The Morgan fingerprint density at radius 2 is 1.68 bits per heavy atom. The topological polar surface area (TPSA) is 88.9 Å². The number of thiazole rings is 1. The first kappa shape index (κ1) is 24.4. The number of hydrogen-bond donors (Lipinski definition) is 0. The number of carbonyl (C=O) groups is 3. The molecular formula is C26H22ClN3O5S2. The molecule has 3 aliphatic rings. The Bertz CT molecular complexity index is 1430. The number of para-hydroxylation sites is 1. The molecule has 3 amide bonds. The van der Waals surface area contributed by atoms with Crippen molar-refractivity contribution in [1.82, 2.24) is 9.47 Å². The molecule has 190 valence electrons. The number of carbonyl (C=O) groups excluding carboxylic acids is 3. The summed E-state index contributed by atoms with van der Waals surface area (Å²) in [4.78, 5) is 57.1. The van der Waals surface area contributed by atoms with Crippen LogP contribution in [0.2, 0.25) is 5.02 Å². The van der Waals surface area contributed by atoms with Crippen molar-refractivity contribution >= 4 is 58.1 Å². The van der Waals surface area contributed by atoms with Crippen LogP contribution in [0.1, 0.15) is 16.4 Å². The summed E-state index contributed by atoms with van der Waals surface area (Å²) in [6.45, 7) is 1.76. The maximum absolute atomic E-state index is 13.8. The van der Waals surface area contributed by atoms with E-state index in [1.54, 1.807) is 41.3 Å². The quantitative estimate of drug-likeness (QED) is 0.459. The first-order valence-corrected chi connectivity index (χ1v) is 14.0. The van der Waals surface area contributed by atoms with Crippen molar-refractivity contribution in [3.05, 3.63) is 79.7 Å². The minimum atomic E-state index is -0.723. The van der Waals surface area contributed by atoms with E-state index in [1.165, 1.54) is 21.2 Å². The molecule has 0 spiro atoms. The highest BCUT2D eigenvalue weighted by Crippen LogP contribution is 2.53. The Kier molecular flexibility index (Phi) is 6.44. The van der Waals surface area contributed by atoms with Crippen LogP contribution in [0.25, 0.3) is 0 Å². The van der Waals surface area contributed by atoms with E-state index in [2.05, 4.69) is 0 Å². The summed E-state index contributed by atoms with van der Waals surface area (Å²) in [7, 11) is 0. The largest absolute Gasteiger partial charge is 0.378 e. The van der Waals surface area contributed by atoms with E-state index in [0.29, 0.717) is 46.9 Å². The lowest BCUT2D eigenvalue weighted by Crippen LogP contribution is -2.43. The lowest BCUT2D eigenvalue weighted by Gasteiger charge is -2.31. The second-order valence-corrected chi connectivity index (χ2v) is 11.6. The van der Waals surface area contributed by atoms with Crippen LogP contribution in [0.5, 0.6) is 0 Å². The van der Waals surface area contributed by atoms with Crippen LogP contribution in [-0.2, 0) is 25.7 Å². The van der Waals surface area contributed by atoms with Crippen LogP contribution >= 0.6 is 34.7 Å². The lowest BCUT2D eigenvalue weighted by molar-refractivity contribution is -0.136. The van der Waals surface area contributed by atoms with Gasteiger partial charge in [0.15, 0.2) is 0 Å². The molecule has 3 atom stereocenters. The Balaban J connectivity index is 1.44. The number of rotatable bonds is 4. The number of benzene rings is 2. The third-order valence-corrected chi connectivity index (χ3v) is 9.81. The molecule has 2 aromatic carbocycles. The smallest absolute Gasteiger partial charge is 0.308 e. The van der Waals surface area contributed by atoms with Gasteiger partial charge in [0.25, 0.3) is 0 Å². The molecule has 2 saturated heterocycles. The van der Waals surface area contributed by atoms with E-state index in [4.69, 9.17) is 16.3 Å². The summed E-state index contributed by atoms with van der Waals surface area (Å²) in [5.41, 5.74) is 1.32. The van der Waals surface area contributed by atoms with Gasteiger partial charge in [-0.3, -0.25) is 23.7 Å². The first-order chi connectivity index (χ1) is 17.9. The predicted octanol–water partition coefficient (Wildman–Crippen LogP) is 3.22. The molecule has 8 nitrogen and oxygen atoms in total. The zero-order valence-electron chi connectivity index (χ0n) is 19.5. The fourth-order valence-electron chi connectivity index (χ4n) is 5.16. The Labute approximate surface area is 225 Å². The Hall–Kier alpha value is -2.92. The summed E-state index contributed by atoms with van der Waals surface area (Å²) >= 11 is 8.39. The number of imide groups is 1. The number of fused-ring (bicyclic) bond motifs is 2. The Morgan fingerprint density at radius 1 is 0.973 bits per heavy atom. The molecule has 4 heterocycles. The number of hydrogen-bond acceptors (Lipinski definition) is 7. The number of nitrogens with zero attached hydrogens (tertiary/aromatic N) is 3. The van der Waals surface area contributed by atoms with Crippen molar-refractivity contribution < 1.29 is 19.1 Å². The van der Waals surface area contributed by atoms with Gasteiger partial charge in [-0.15, -0.1) is 0 Å². The van der Waals surface area contributed by atoms with E-state index in [0.717, 1.165) is 16.9 Å². The van der Waals surface area contributed by atoms with E-state index < -0.39 is 17.1 Å². The monoisotopic (exact) mass is 555 g/mol. The van der Waals surface area contributed by atoms with Gasteiger partial charge in [0.05, 0.1) is 29.8 Å². The van der Waals surface area contributed by atoms with Crippen molar-refractivity contribution in [2.24, 2.45) is 5.92 Å². The number of amides is 3. The summed E-state index contributed by atoms with van der Waals surface area (Å²) < 4.78 is 6.80. The highest BCUT2D eigenvalue weighted by molar-refractivity contribution is 8.00. The van der Waals surface area contributed by atoms with E-state index >= 15 is 0 Å². The van der Waals surface area contributed by atoms with Gasteiger partial charge < -0.3 is 9.64 Å². The summed E-state index contributed by atoms with van der Waals surface area (Å²) in [5, 5.41) is 0.404. The van der Waals surface area contributed by atoms with Crippen molar-refractivity contribution in [1.29, 1.82) is 0 Å². The highest BCUT2D eigenvalue weighted by atomic mass is 35.5. The van der Waals surface area contributed by atoms with Gasteiger partial charge in [0.2, 0.25) is 17.7 Å². The predicted molar refractivity (Wildman–Crippen MR) is 141 cm³/mol. The third kappa shape index (κ3) is 4.21. The standard InChI is InChI=1S/C26H22ClN3O5S2/c27-16-8-6-15(7-9-16)19-20-21(24(33)30(23(20)32)17-4-2-1-3-5-17)36-25-22(19)37-26(34)29(25)14-18(31)28-10-12-35-13-11-28/h1-9,19-21H,10-14H2/t19-,20?,21?/m1/s1. The van der Waals surface area contributed by atoms with Gasteiger partial charge in [0.1, 0.15) is 11.8 Å². The second-order valence-electron chi connectivity index (χ2n) is 9.06. The molecule has 11 heteroatoms. The molecule has 2 unspecified atom stereocenters. The summed E-state index contributed by atoms with van der Waals surface area (Å²) in [6.07, 6.45) is 0. The molecule has 0 aliphatic carbocycles. The number of halogens is 1. The Morgan fingerprint density at radius 3 is 2.38 bits per heavy atom. The minimum absolute atomic E-state index is 0.118. The van der Waals surface area contributed by atoms with Crippen LogP contribution in [0.3, 0.4) is 0 Å². The maximum Gasteiger partial charge on any atom is 0.308 e. The second kappa shape index (κ2) is 9.75. The molecular weight excluding hydrogens is 534 g/mol. The number of thioether (sulfide) groups is 1. The molecule has 37 heavy (non-hydrogen) atoms. The molecule has 2 fully saturated rings. The van der Waals surface area contributed by atoms with Gasteiger partial charge >= 0.3 is 4.87 Å². The minimum Gasteiger partial charge on any atom is -0.378 e. The lowest BCUT2D eigenvalue weighted by atomic mass is 9.83. The molecule has 3 aliphatic heterocycles. The number of morpholine rings is 1. The maximum atomic E-state index is 13.8. The average Bonchev–Trinajstić information content (AvgIpc) is 3.36. The third-order valence-electron chi connectivity index (χ3n) is 6.95. The van der Waals surface area contributed by atoms with E-state index in [1.807, 2.05) is 18.2 Å². The molecule has 6 rings (SSSR count). The molecule has 0 N–H and O–H groups in total. The van der Waals surface area contributed by atoms with E-state index in [9.17, 15) is 19.2 Å². The molecule has 0 bridgehead atoms. The van der Waals surface area contributed by atoms with Crippen molar-refractivity contribution in [2.75, 3.05) is 31.2 Å². The SMILES string of the molecule is O=C(Cn1c2c(sc1=O)[C@H](c1ccc(Cl)cc1)C1C(=O)N(c3ccccc3)C(=O)C1S2)N1CCOCC1. The van der Waals surface area contributed by atoms with Crippen LogP contribution in [0, 0.1) is 5.92 Å². The van der Waals surface area contributed by atoms with Crippen LogP contribution in [-0.4, -0.2) is 58.7 Å². The average molecular weight is 556 g/mol. The molecule has 0 saturated carbocycles. The number of anilines is 1. The van der Waals surface area contributed by atoms with Crippen molar-refractivity contribution in [3.8, 4) is 0 Å². The fraction of sp³-hybridized carbons (Fsp3) is 0.308. The molecule has 3 aromatic rings. The zero-order valence-corrected chi connectivity index (χ0v) is 21.9. The van der Waals surface area contributed by atoms with Crippen molar-refractivity contribution in [2.45, 2.75) is 22.7 Å². The van der Waals surface area contributed by atoms with Gasteiger partial charge in [-0.2, -0.15) is 0 Å². The van der Waals surface area contributed by atoms with Gasteiger partial charge in [-0.1, -0.05) is 65.0 Å². The fourth-order valence-corrected chi connectivity index (χ4v) is 8.06. The number of aromatic nitrogens is 1. The van der Waals surface area contributed by atoms with Gasteiger partial charge in [-0.05, 0) is 29.8 Å². The normalized spacial score (nSPS) is 23.2. The van der Waals surface area contributed by atoms with Crippen LogP contribution in [0.4, 0.5) is 5.69 Å². The van der Waals surface area contributed by atoms with Crippen LogP contribution in [0.15, 0.2) is 64.4 Å². The summed E-state index contributed by atoms with van der Waals surface area (Å²) in [5.74, 6) is -1.98.